The van der Waals surface area contributed by atoms with E-state index in [0.29, 0.717) is 13.1 Å². The van der Waals surface area contributed by atoms with Crippen molar-refractivity contribution >= 4 is 11.8 Å². The Morgan fingerprint density at radius 3 is 2.00 bits per heavy atom. The van der Waals surface area contributed by atoms with Crippen LogP contribution in [0, 0.1) is 0 Å². The highest BCUT2D eigenvalue weighted by Crippen LogP contribution is 2.41. The van der Waals surface area contributed by atoms with Gasteiger partial charge in [-0.25, -0.2) is 0 Å². The molecule has 1 aromatic rings. The number of amides is 2. The summed E-state index contributed by atoms with van der Waals surface area (Å²) in [5.74, 6) is 0.386. The normalized spacial score (nSPS) is 22.7. The van der Waals surface area contributed by atoms with Crippen LogP contribution in [0.25, 0.3) is 0 Å². The van der Waals surface area contributed by atoms with E-state index in [-0.39, 0.29) is 17.4 Å². The maximum absolute atomic E-state index is 12.7. The average Bonchev–Trinajstić information content (AvgIpc) is 2.73. The fraction of sp³-hybridized carbons (Fsp3) is 0.652. The summed E-state index contributed by atoms with van der Waals surface area (Å²) in [6, 6.07) is 10.4. The van der Waals surface area contributed by atoms with Gasteiger partial charge in [-0.15, -0.1) is 0 Å². The number of hydrogen-bond acceptors (Lipinski definition) is 4. The van der Waals surface area contributed by atoms with E-state index >= 15 is 0 Å². The van der Waals surface area contributed by atoms with Crippen LogP contribution in [0.2, 0.25) is 0 Å². The molecule has 0 atom stereocenters. The smallest absolute Gasteiger partial charge is 0.236 e. The Morgan fingerprint density at radius 2 is 1.41 bits per heavy atom. The molecule has 0 bridgehead atoms. The number of rotatable bonds is 6. The van der Waals surface area contributed by atoms with E-state index < -0.39 is 0 Å². The number of piperidine rings is 1. The molecule has 6 nitrogen and oxygen atoms in total. The highest BCUT2D eigenvalue weighted by atomic mass is 16.2. The molecule has 2 heterocycles. The molecule has 158 valence electrons. The first-order valence-corrected chi connectivity index (χ1v) is 11.2. The lowest BCUT2D eigenvalue weighted by Gasteiger charge is -2.44. The fourth-order valence-corrected chi connectivity index (χ4v) is 4.82. The van der Waals surface area contributed by atoms with Crippen molar-refractivity contribution in [3.63, 3.8) is 0 Å². The van der Waals surface area contributed by atoms with Gasteiger partial charge in [0.2, 0.25) is 11.8 Å². The predicted molar refractivity (Wildman–Crippen MR) is 113 cm³/mol. The molecule has 2 aliphatic heterocycles. The molecule has 1 aromatic carbocycles. The van der Waals surface area contributed by atoms with Crippen molar-refractivity contribution in [2.45, 2.75) is 44.1 Å². The zero-order chi connectivity index (χ0) is 20.1. The molecule has 4 rings (SSSR count). The molecule has 3 aliphatic rings. The first kappa shape index (κ1) is 20.4. The van der Waals surface area contributed by atoms with E-state index in [1.807, 2.05) is 23.1 Å². The second-order valence-corrected chi connectivity index (χ2v) is 8.84. The van der Waals surface area contributed by atoms with Gasteiger partial charge < -0.3 is 10.2 Å². The number of nitrogens with zero attached hydrogens (tertiary/aromatic N) is 3. The molecule has 0 aromatic heterocycles. The molecule has 1 aliphatic carbocycles. The van der Waals surface area contributed by atoms with Crippen LogP contribution in [0.4, 0.5) is 0 Å². The molecule has 1 N–H and O–H groups in total. The molecule has 2 saturated heterocycles. The topological polar surface area (TPSA) is 55.9 Å². The van der Waals surface area contributed by atoms with Crippen LogP contribution in [0.5, 0.6) is 0 Å². The highest BCUT2D eigenvalue weighted by molar-refractivity contribution is 5.79. The summed E-state index contributed by atoms with van der Waals surface area (Å²) in [6.45, 7) is 6.22. The highest BCUT2D eigenvalue weighted by Gasteiger charge is 2.40. The lowest BCUT2D eigenvalue weighted by molar-refractivity contribution is -0.134. The first-order chi connectivity index (χ1) is 14.1. The lowest BCUT2D eigenvalue weighted by Crippen LogP contribution is -2.56. The van der Waals surface area contributed by atoms with Crippen molar-refractivity contribution in [2.24, 2.45) is 0 Å². The minimum atomic E-state index is -0.166. The largest absolute Gasteiger partial charge is 0.345 e. The Bertz CT molecular complexity index is 690. The number of carbonyl (C=O) groups is 2. The van der Waals surface area contributed by atoms with Crippen LogP contribution in [0.1, 0.15) is 44.1 Å². The summed E-state index contributed by atoms with van der Waals surface area (Å²) in [5.41, 5.74) is 1.06. The maximum atomic E-state index is 12.7. The molecule has 2 amide bonds. The molecule has 0 radical (unpaired) electrons. The molecular weight excluding hydrogens is 364 g/mol. The van der Waals surface area contributed by atoms with Crippen molar-refractivity contribution in [1.82, 2.24) is 20.0 Å². The van der Waals surface area contributed by atoms with Gasteiger partial charge in [-0.2, -0.15) is 0 Å². The summed E-state index contributed by atoms with van der Waals surface area (Å²) >= 11 is 0. The van der Waals surface area contributed by atoms with E-state index in [2.05, 4.69) is 27.2 Å². The van der Waals surface area contributed by atoms with Crippen LogP contribution in [0.15, 0.2) is 30.3 Å². The molecule has 6 heteroatoms. The fourth-order valence-electron chi connectivity index (χ4n) is 4.82. The minimum Gasteiger partial charge on any atom is -0.345 e. The van der Waals surface area contributed by atoms with Crippen molar-refractivity contribution in [1.29, 1.82) is 0 Å². The van der Waals surface area contributed by atoms with Gasteiger partial charge in [0, 0.05) is 39.3 Å². The summed E-state index contributed by atoms with van der Waals surface area (Å²) in [4.78, 5) is 31.7. The van der Waals surface area contributed by atoms with Gasteiger partial charge in [-0.1, -0.05) is 30.3 Å². The Balaban J connectivity index is 1.21. The summed E-state index contributed by atoms with van der Waals surface area (Å²) in [6.07, 6.45) is 6.73. The SMILES string of the molecule is O=C(CN1CCN(CC(=O)N2CCCCC2)CC1)NC1(c2ccccc2)CCC1. The Morgan fingerprint density at radius 1 is 0.793 bits per heavy atom. The van der Waals surface area contributed by atoms with Crippen LogP contribution in [-0.2, 0) is 15.1 Å². The molecule has 0 spiro atoms. The number of nitrogens with one attached hydrogen (secondary N) is 1. The lowest BCUT2D eigenvalue weighted by atomic mass is 9.72. The van der Waals surface area contributed by atoms with Crippen LogP contribution >= 0.6 is 0 Å². The molecule has 0 unspecified atom stereocenters. The van der Waals surface area contributed by atoms with Gasteiger partial charge in [0.1, 0.15) is 0 Å². The van der Waals surface area contributed by atoms with Gasteiger partial charge in [0.05, 0.1) is 18.6 Å². The predicted octanol–water partition coefficient (Wildman–Crippen LogP) is 1.81. The summed E-state index contributed by atoms with van der Waals surface area (Å²) in [7, 11) is 0. The standard InChI is InChI=1S/C23H34N4O2/c28-21(24-23(10-7-11-23)20-8-3-1-4-9-20)18-25-14-16-26(17-15-25)19-22(29)27-12-5-2-6-13-27/h1,3-4,8-9H,2,5-7,10-19H2,(H,24,28). The maximum Gasteiger partial charge on any atom is 0.236 e. The van der Waals surface area contributed by atoms with E-state index in [4.69, 9.17) is 0 Å². The first-order valence-electron chi connectivity index (χ1n) is 11.2. The average molecular weight is 399 g/mol. The Kier molecular flexibility index (Phi) is 6.50. The van der Waals surface area contributed by atoms with Crippen molar-refractivity contribution < 1.29 is 9.59 Å². The zero-order valence-electron chi connectivity index (χ0n) is 17.4. The second-order valence-electron chi connectivity index (χ2n) is 8.84. The number of carbonyl (C=O) groups excluding carboxylic acids is 2. The number of likely N-dealkylation sites (tertiary alicyclic amines) is 1. The molecule has 1 saturated carbocycles. The summed E-state index contributed by atoms with van der Waals surface area (Å²) in [5, 5.41) is 3.32. The van der Waals surface area contributed by atoms with Crippen LogP contribution < -0.4 is 5.32 Å². The Labute approximate surface area is 174 Å². The quantitative estimate of drug-likeness (QED) is 0.794. The number of hydrogen-bond donors (Lipinski definition) is 1. The third-order valence-electron chi connectivity index (χ3n) is 6.81. The Hall–Kier alpha value is -1.92. The van der Waals surface area contributed by atoms with E-state index in [1.54, 1.807) is 0 Å². The third-order valence-corrected chi connectivity index (χ3v) is 6.81. The van der Waals surface area contributed by atoms with Gasteiger partial charge in [0.15, 0.2) is 0 Å². The van der Waals surface area contributed by atoms with Gasteiger partial charge >= 0.3 is 0 Å². The van der Waals surface area contributed by atoms with E-state index in [1.165, 1.54) is 18.4 Å². The van der Waals surface area contributed by atoms with Gasteiger partial charge in [-0.05, 0) is 44.1 Å². The van der Waals surface area contributed by atoms with Crippen molar-refractivity contribution in [3.05, 3.63) is 35.9 Å². The number of piperazine rings is 1. The van der Waals surface area contributed by atoms with Gasteiger partial charge in [-0.3, -0.25) is 19.4 Å². The van der Waals surface area contributed by atoms with Crippen molar-refractivity contribution in [2.75, 3.05) is 52.4 Å². The van der Waals surface area contributed by atoms with Crippen LogP contribution in [0.3, 0.4) is 0 Å². The van der Waals surface area contributed by atoms with Crippen LogP contribution in [-0.4, -0.2) is 78.9 Å². The monoisotopic (exact) mass is 398 g/mol. The molecule has 3 fully saturated rings. The molecular formula is C23H34N4O2. The second kappa shape index (κ2) is 9.26. The van der Waals surface area contributed by atoms with Gasteiger partial charge in [0.25, 0.3) is 0 Å². The summed E-state index contributed by atoms with van der Waals surface area (Å²) < 4.78 is 0. The zero-order valence-corrected chi connectivity index (χ0v) is 17.4. The minimum absolute atomic E-state index is 0.117. The van der Waals surface area contributed by atoms with E-state index in [0.717, 1.165) is 65.0 Å². The number of benzene rings is 1. The van der Waals surface area contributed by atoms with E-state index in [9.17, 15) is 9.59 Å². The van der Waals surface area contributed by atoms with Crippen molar-refractivity contribution in [3.8, 4) is 0 Å². The third kappa shape index (κ3) is 4.98. The molecule has 29 heavy (non-hydrogen) atoms.